The molecule has 0 amide bonds. The molecule has 0 fully saturated rings. The largest absolute Gasteiger partial charge is 0.491 e. The molecule has 216 valence electrons. The lowest BCUT2D eigenvalue weighted by Gasteiger charge is -2.28. The van der Waals surface area contributed by atoms with Crippen LogP contribution in [0.5, 0.6) is 5.75 Å². The molecule has 0 bridgehead atoms. The van der Waals surface area contributed by atoms with Crippen LogP contribution >= 0.6 is 11.9 Å². The van der Waals surface area contributed by atoms with Crippen LogP contribution in [0.1, 0.15) is 54.5 Å². The van der Waals surface area contributed by atoms with E-state index in [0.717, 1.165) is 45.0 Å². The monoisotopic (exact) mass is 565 g/mol. The summed E-state index contributed by atoms with van der Waals surface area (Å²) in [5, 5.41) is 1.48. The number of hydrazine groups is 1. The molecule has 1 aliphatic heterocycles. The summed E-state index contributed by atoms with van der Waals surface area (Å²) in [6.45, 7) is 12.2. The molecule has 0 aliphatic carbocycles. The summed E-state index contributed by atoms with van der Waals surface area (Å²) in [5.74, 6) is 5.98. The molecular weight excluding hydrogens is 522 g/mol. The number of fused-ring (bicyclic) bond motifs is 1. The van der Waals surface area contributed by atoms with Gasteiger partial charge >= 0.3 is 5.97 Å². The number of carbonyl (C=O) groups excluding carboxylic acids is 1. The Morgan fingerprint density at radius 1 is 1.15 bits per heavy atom. The highest BCUT2D eigenvalue weighted by Gasteiger charge is 2.31. The molecule has 9 heteroatoms. The Labute approximate surface area is 242 Å². The smallest absolute Gasteiger partial charge is 0.323 e. The molecule has 2 atom stereocenters. The third-order valence-electron chi connectivity index (χ3n) is 6.92. The van der Waals surface area contributed by atoms with E-state index in [1.807, 2.05) is 57.2 Å². The van der Waals surface area contributed by atoms with Crippen LogP contribution in [0, 0.1) is 13.8 Å². The van der Waals surface area contributed by atoms with E-state index in [-0.39, 0.29) is 6.61 Å². The lowest BCUT2D eigenvalue weighted by Crippen LogP contribution is -2.39. The number of hydrogen-bond donors (Lipinski definition) is 3. The van der Waals surface area contributed by atoms with E-state index in [9.17, 15) is 4.79 Å². The highest BCUT2D eigenvalue weighted by atomic mass is 32.2. The van der Waals surface area contributed by atoms with Crippen molar-refractivity contribution < 1.29 is 14.3 Å². The molecule has 3 aromatic rings. The van der Waals surface area contributed by atoms with Crippen LogP contribution in [-0.2, 0) is 16.1 Å². The first-order valence-corrected chi connectivity index (χ1v) is 14.5. The van der Waals surface area contributed by atoms with Gasteiger partial charge < -0.3 is 25.9 Å². The van der Waals surface area contributed by atoms with Crippen LogP contribution in [0.4, 0.5) is 11.4 Å². The Bertz CT molecular complexity index is 1300. The van der Waals surface area contributed by atoms with Gasteiger partial charge in [0.05, 0.1) is 22.9 Å². The second-order valence-electron chi connectivity index (χ2n) is 9.51. The summed E-state index contributed by atoms with van der Waals surface area (Å²) in [5.41, 5.74) is 19.3. The van der Waals surface area contributed by atoms with E-state index in [1.54, 1.807) is 25.9 Å². The average Bonchev–Trinajstić information content (AvgIpc) is 3.15. The van der Waals surface area contributed by atoms with Crippen LogP contribution in [-0.4, -0.2) is 43.1 Å². The lowest BCUT2D eigenvalue weighted by molar-refractivity contribution is -0.145. The van der Waals surface area contributed by atoms with Gasteiger partial charge in [0.1, 0.15) is 18.4 Å². The zero-order valence-electron chi connectivity index (χ0n) is 24.4. The van der Waals surface area contributed by atoms with Crippen molar-refractivity contribution in [1.29, 1.82) is 0 Å². The van der Waals surface area contributed by atoms with Crippen molar-refractivity contribution in [3.63, 3.8) is 0 Å². The number of aryl methyl sites for hydroxylation is 1. The summed E-state index contributed by atoms with van der Waals surface area (Å²) in [6.07, 6.45) is 0. The molecule has 8 nitrogen and oxygen atoms in total. The Kier molecular flexibility index (Phi) is 11.3. The van der Waals surface area contributed by atoms with E-state index >= 15 is 0 Å². The molecule has 40 heavy (non-hydrogen) atoms. The molecule has 0 saturated carbocycles. The normalized spacial score (nSPS) is 14.5. The molecule has 1 heterocycles. The van der Waals surface area contributed by atoms with Gasteiger partial charge in [0.25, 0.3) is 0 Å². The van der Waals surface area contributed by atoms with Crippen LogP contribution in [0.2, 0.25) is 0 Å². The molecular formula is C31H43N5O3S. The van der Waals surface area contributed by atoms with Gasteiger partial charge in [0, 0.05) is 26.1 Å². The van der Waals surface area contributed by atoms with Crippen molar-refractivity contribution in [2.75, 3.05) is 37.5 Å². The third kappa shape index (κ3) is 7.09. The topological polar surface area (TPSA) is 120 Å². The number of nitrogens with two attached hydrogens (primary N) is 3. The number of esters is 1. The Morgan fingerprint density at radius 2 is 1.88 bits per heavy atom. The minimum atomic E-state index is -0.905. The highest BCUT2D eigenvalue weighted by molar-refractivity contribution is 7.97. The van der Waals surface area contributed by atoms with Crippen molar-refractivity contribution in [2.45, 2.75) is 58.0 Å². The Morgan fingerprint density at radius 3 is 2.58 bits per heavy atom. The van der Waals surface area contributed by atoms with Gasteiger partial charge in [-0.1, -0.05) is 50.2 Å². The van der Waals surface area contributed by atoms with Gasteiger partial charge in [-0.25, -0.2) is 10.1 Å². The van der Waals surface area contributed by atoms with Gasteiger partial charge in [0.15, 0.2) is 0 Å². The molecule has 0 spiro atoms. The number of benzene rings is 3. The standard InChI is InChI=1S/C29H37N5O3S.C2H6/c1-5-36-29(35)28(31)26(22-12-13-23(33(4)32)27(30)19(22)3)20-11-10-18(2)21(16-20)17-34-14-15-37-24-8-6-7-9-25(24)38-34;1-2/h6-13,16,26,28H,5,14-15,17,30-32H2,1-4H3;1-2H3. The summed E-state index contributed by atoms with van der Waals surface area (Å²) >= 11 is 1.69. The molecule has 4 rings (SSSR count). The fourth-order valence-electron chi connectivity index (χ4n) is 4.77. The minimum Gasteiger partial charge on any atom is -0.491 e. The lowest BCUT2D eigenvalue weighted by atomic mass is 9.81. The molecule has 6 N–H and O–H groups in total. The summed E-state index contributed by atoms with van der Waals surface area (Å²) in [7, 11) is 1.74. The van der Waals surface area contributed by atoms with E-state index < -0.39 is 17.9 Å². The van der Waals surface area contributed by atoms with Gasteiger partial charge in [-0.05, 0) is 78.7 Å². The predicted molar refractivity (Wildman–Crippen MR) is 165 cm³/mol. The molecule has 0 aromatic heterocycles. The number of anilines is 2. The summed E-state index contributed by atoms with van der Waals surface area (Å²) < 4.78 is 13.6. The maximum atomic E-state index is 12.9. The van der Waals surface area contributed by atoms with Crippen LogP contribution < -0.4 is 27.1 Å². The number of ether oxygens (including phenoxy) is 2. The maximum Gasteiger partial charge on any atom is 0.323 e. The van der Waals surface area contributed by atoms with E-state index in [1.165, 1.54) is 5.01 Å². The molecule has 0 saturated heterocycles. The predicted octanol–water partition coefficient (Wildman–Crippen LogP) is 5.15. The van der Waals surface area contributed by atoms with Crippen LogP contribution in [0.3, 0.4) is 0 Å². The van der Waals surface area contributed by atoms with Crippen molar-refractivity contribution >= 4 is 29.3 Å². The number of hydrogen-bond acceptors (Lipinski definition) is 9. The van der Waals surface area contributed by atoms with Crippen molar-refractivity contribution in [3.8, 4) is 5.75 Å². The molecule has 3 aromatic carbocycles. The second kappa shape index (κ2) is 14.4. The zero-order chi connectivity index (χ0) is 29.4. The quantitative estimate of drug-likeness (QED) is 0.112. The first-order valence-electron chi connectivity index (χ1n) is 13.7. The molecule has 2 unspecified atom stereocenters. The molecule has 1 aliphatic rings. The number of nitrogen functional groups attached to an aromatic ring is 1. The van der Waals surface area contributed by atoms with Crippen molar-refractivity contribution in [3.05, 3.63) is 82.4 Å². The molecule has 0 radical (unpaired) electrons. The van der Waals surface area contributed by atoms with E-state index in [4.69, 9.17) is 26.8 Å². The Balaban J connectivity index is 0.00000216. The number of nitrogens with zero attached hydrogens (tertiary/aromatic N) is 2. The number of para-hydroxylation sites is 1. The van der Waals surface area contributed by atoms with Crippen molar-refractivity contribution in [2.24, 2.45) is 11.6 Å². The third-order valence-corrected chi connectivity index (χ3v) is 8.02. The van der Waals surface area contributed by atoms with Gasteiger partial charge in [-0.15, -0.1) is 0 Å². The van der Waals surface area contributed by atoms with Crippen molar-refractivity contribution in [1.82, 2.24) is 4.31 Å². The maximum absolute atomic E-state index is 12.9. The number of rotatable bonds is 8. The number of carbonyl (C=O) groups is 1. The van der Waals surface area contributed by atoms with E-state index in [2.05, 4.69) is 29.4 Å². The van der Waals surface area contributed by atoms with Gasteiger partial charge in [-0.2, -0.15) is 0 Å². The van der Waals surface area contributed by atoms with E-state index in [0.29, 0.717) is 24.5 Å². The van der Waals surface area contributed by atoms with Gasteiger partial charge in [-0.3, -0.25) is 4.79 Å². The first kappa shape index (κ1) is 31.3. The van der Waals surface area contributed by atoms with Gasteiger partial charge in [0.2, 0.25) is 0 Å². The average molecular weight is 566 g/mol. The first-order chi connectivity index (χ1) is 19.2. The summed E-state index contributed by atoms with van der Waals surface area (Å²) in [4.78, 5) is 14.0. The fraction of sp³-hybridized carbons (Fsp3) is 0.387. The fourth-order valence-corrected chi connectivity index (χ4v) is 5.78. The highest BCUT2D eigenvalue weighted by Crippen LogP contribution is 2.38. The summed E-state index contributed by atoms with van der Waals surface area (Å²) in [6, 6.07) is 17.3. The van der Waals surface area contributed by atoms with Crippen LogP contribution in [0.15, 0.2) is 59.5 Å². The Hall–Kier alpha value is -3.24. The SMILES string of the molecule is CC.CCOC(=O)C(N)C(c1ccc(C)c(CN2CCOc3ccccc3S2)c1)c1ccc(N(C)N)c(N)c1C. The second-order valence-corrected chi connectivity index (χ2v) is 10.7. The minimum absolute atomic E-state index is 0.256. The van der Waals surface area contributed by atoms with Crippen LogP contribution in [0.25, 0.3) is 0 Å². The zero-order valence-corrected chi connectivity index (χ0v) is 25.3.